The maximum Gasteiger partial charge on any atom is 0.350 e. The number of nitrogens with zero attached hydrogens (tertiary/aromatic N) is 9. The summed E-state index contributed by atoms with van der Waals surface area (Å²) in [5, 5.41) is 9.15. The van der Waals surface area contributed by atoms with Gasteiger partial charge in [0.25, 0.3) is 5.91 Å². The molecule has 1 unspecified atom stereocenters. The van der Waals surface area contributed by atoms with Crippen LogP contribution in [0.5, 0.6) is 0 Å². The van der Waals surface area contributed by atoms with Gasteiger partial charge in [-0.3, -0.25) is 38.6 Å². The zero-order valence-corrected chi connectivity index (χ0v) is 38.3. The molecule has 344 valence electrons. The van der Waals surface area contributed by atoms with Crippen LogP contribution in [0.25, 0.3) is 27.8 Å². The Morgan fingerprint density at radius 1 is 0.868 bits per heavy atom. The van der Waals surface area contributed by atoms with E-state index in [1.165, 1.54) is 20.1 Å². The normalized spacial score (nSPS) is 14.8. The number of nitrogens with one attached hydrogen (secondary N) is 2. The lowest BCUT2D eigenvalue weighted by Gasteiger charge is -2.22. The molecule has 9 rings (SSSR count). The average molecular weight is 912 g/mol. The number of urea groups is 1. The Morgan fingerprint density at radius 3 is 2.38 bits per heavy atom. The van der Waals surface area contributed by atoms with Crippen LogP contribution in [0, 0.1) is 11.8 Å². The van der Waals surface area contributed by atoms with Crippen molar-refractivity contribution in [3.8, 4) is 28.7 Å². The summed E-state index contributed by atoms with van der Waals surface area (Å²) in [5.74, 6) is 6.24. The van der Waals surface area contributed by atoms with Crippen molar-refractivity contribution in [1.29, 1.82) is 0 Å². The minimum absolute atomic E-state index is 0.174. The number of benzene rings is 4. The maximum atomic E-state index is 14.1. The summed E-state index contributed by atoms with van der Waals surface area (Å²) in [7, 11) is 6.86. The van der Waals surface area contributed by atoms with E-state index < -0.39 is 11.9 Å². The van der Waals surface area contributed by atoms with Gasteiger partial charge in [-0.05, 0) is 103 Å². The lowest BCUT2D eigenvalue weighted by molar-refractivity contribution is -0.135. The third-order valence-corrected chi connectivity index (χ3v) is 12.8. The van der Waals surface area contributed by atoms with Crippen LogP contribution < -0.4 is 36.7 Å². The van der Waals surface area contributed by atoms with Gasteiger partial charge in [0.15, 0.2) is 0 Å². The zero-order chi connectivity index (χ0) is 47.8. The summed E-state index contributed by atoms with van der Waals surface area (Å²) in [4.78, 5) is 87.7. The fraction of sp³-hybridized carbons (Fsp3) is 0.255. The van der Waals surface area contributed by atoms with Gasteiger partial charge in [-0.1, -0.05) is 43.0 Å². The van der Waals surface area contributed by atoms with Crippen LogP contribution in [0.3, 0.4) is 0 Å². The fourth-order valence-electron chi connectivity index (χ4n) is 9.14. The number of hydrogen-bond acceptors (Lipinski definition) is 9. The Hall–Kier alpha value is -8.52. The maximum absolute atomic E-state index is 14.1. The number of anilines is 3. The molecule has 2 aliphatic heterocycles. The summed E-state index contributed by atoms with van der Waals surface area (Å²) in [6, 6.07) is 27.2. The number of piperidine rings is 1. The van der Waals surface area contributed by atoms with Crippen LogP contribution >= 0.6 is 0 Å². The molecule has 0 aliphatic carbocycles. The molecule has 2 fully saturated rings. The van der Waals surface area contributed by atoms with E-state index >= 15 is 0 Å². The third kappa shape index (κ3) is 8.21. The molecule has 4 aromatic carbocycles. The van der Waals surface area contributed by atoms with E-state index in [9.17, 15) is 28.8 Å². The predicted octanol–water partition coefficient (Wildman–Crippen LogP) is 4.71. The molecular formula is C51H49N11O6. The van der Waals surface area contributed by atoms with E-state index in [4.69, 9.17) is 4.98 Å². The van der Waals surface area contributed by atoms with Gasteiger partial charge < -0.3 is 10.2 Å². The highest BCUT2D eigenvalue weighted by Crippen LogP contribution is 2.36. The minimum Gasteiger partial charge on any atom is -0.374 e. The number of imide groups is 1. The highest BCUT2D eigenvalue weighted by Gasteiger charge is 2.34. The second-order valence-electron chi connectivity index (χ2n) is 16.8. The van der Waals surface area contributed by atoms with E-state index in [0.29, 0.717) is 66.3 Å². The summed E-state index contributed by atoms with van der Waals surface area (Å²) < 4.78 is 5.80. The fourth-order valence-corrected chi connectivity index (χ4v) is 9.14. The second kappa shape index (κ2) is 18.4. The Morgan fingerprint density at radius 2 is 1.65 bits per heavy atom. The third-order valence-electron chi connectivity index (χ3n) is 12.8. The Bertz CT molecular complexity index is 3350. The minimum atomic E-state index is -0.755. The highest BCUT2D eigenvalue weighted by molar-refractivity contribution is 6.07. The molecular weight excluding hydrogens is 863 g/mol. The highest BCUT2D eigenvalue weighted by atomic mass is 16.2. The molecule has 0 bridgehead atoms. The van der Waals surface area contributed by atoms with Crippen molar-refractivity contribution in [1.82, 2.24) is 39.1 Å². The molecule has 68 heavy (non-hydrogen) atoms. The molecule has 17 nitrogen and oxygen atoms in total. The van der Waals surface area contributed by atoms with Crippen LogP contribution in [0.1, 0.15) is 58.4 Å². The molecule has 1 atom stereocenters. The topological polar surface area (TPSA) is 182 Å². The van der Waals surface area contributed by atoms with Gasteiger partial charge in [0.1, 0.15) is 18.2 Å². The first-order valence-corrected chi connectivity index (χ1v) is 22.4. The molecule has 17 heteroatoms. The summed E-state index contributed by atoms with van der Waals surface area (Å²) in [6.45, 7) is 3.45. The first-order valence-electron chi connectivity index (χ1n) is 22.4. The van der Waals surface area contributed by atoms with Gasteiger partial charge in [-0.25, -0.2) is 28.6 Å². The molecule has 5 amide bonds. The second-order valence-corrected chi connectivity index (χ2v) is 16.8. The van der Waals surface area contributed by atoms with E-state index in [2.05, 4.69) is 32.5 Å². The van der Waals surface area contributed by atoms with Gasteiger partial charge >= 0.3 is 17.4 Å². The quantitative estimate of drug-likeness (QED) is 0.137. The summed E-state index contributed by atoms with van der Waals surface area (Å²) >= 11 is 0. The van der Waals surface area contributed by atoms with Gasteiger partial charge in [-0.2, -0.15) is 5.10 Å². The van der Waals surface area contributed by atoms with Crippen molar-refractivity contribution in [3.05, 3.63) is 152 Å². The van der Waals surface area contributed by atoms with Crippen molar-refractivity contribution in [2.75, 3.05) is 48.4 Å². The Kier molecular flexibility index (Phi) is 12.1. The largest absolute Gasteiger partial charge is 0.374 e. The Balaban J connectivity index is 0.983. The zero-order valence-electron chi connectivity index (χ0n) is 38.3. The van der Waals surface area contributed by atoms with Crippen LogP contribution in [0.2, 0.25) is 0 Å². The van der Waals surface area contributed by atoms with E-state index in [1.807, 2.05) is 86.8 Å². The van der Waals surface area contributed by atoms with Crippen LogP contribution in [0.4, 0.5) is 22.0 Å². The first kappa shape index (κ1) is 44.7. The number of para-hydroxylation sites is 1. The summed E-state index contributed by atoms with van der Waals surface area (Å²) in [5.41, 5.74) is 8.31. The number of pyridine rings is 1. The number of aromatic nitrogens is 6. The van der Waals surface area contributed by atoms with Crippen molar-refractivity contribution < 1.29 is 19.2 Å². The summed E-state index contributed by atoms with van der Waals surface area (Å²) in [6.07, 6.45) is 4.78. The van der Waals surface area contributed by atoms with Gasteiger partial charge in [0.2, 0.25) is 11.8 Å². The molecule has 5 heterocycles. The number of carbonyl (C=O) groups is 4. The number of hydrogen-bond donors (Lipinski definition) is 2. The number of amides is 5. The standard InChI is InChI=1S/C51H49N11O6/c1-6-39-41(23-25-53-46(39)60-28-27-59(51(60)68)37-11-7-10-35(30-37)47(64)52-2)40-20-19-38(61-31-54-58(5)50(61)67)29-34(40)16-13-32-14-17-36(18-15-32)56(3)26-24-33-9-8-12-42-45(33)57(4)49(66)62(42)43-21-22-44(63)55-48(43)65/h7-12,14-15,17-20,23,25,29-31,43H,6,21-22,24,26-28H2,1-5H3,(H,52,64)(H,55,63,65). The van der Waals surface area contributed by atoms with Crippen LogP contribution in [0.15, 0.2) is 113 Å². The number of imidazole rings is 1. The predicted molar refractivity (Wildman–Crippen MR) is 259 cm³/mol. The van der Waals surface area contributed by atoms with Gasteiger partial charge in [-0.15, -0.1) is 0 Å². The number of carbonyl (C=O) groups excluding carboxylic acids is 4. The van der Waals surface area contributed by atoms with Crippen LogP contribution in [-0.2, 0) is 36.5 Å². The molecule has 0 spiro atoms. The van der Waals surface area contributed by atoms with Crippen molar-refractivity contribution >= 4 is 52.0 Å². The molecule has 3 aromatic heterocycles. The lowest BCUT2D eigenvalue weighted by Crippen LogP contribution is -2.44. The van der Waals surface area contributed by atoms with E-state index in [-0.39, 0.29) is 42.1 Å². The molecule has 2 saturated heterocycles. The molecule has 0 radical (unpaired) electrons. The SMILES string of the molecule is CCc1c(-c2ccc(-n3cnn(C)c3=O)cc2C#Cc2ccc(N(C)CCc3cccc4c3n(C)c(=O)n4C3CCC(=O)NC3=O)cc2)ccnc1N1CCN(c2cccc(C(=O)NC)c2)C1=O. The number of likely N-dealkylation sites (N-methyl/N-ethyl adjacent to an activating group) is 1. The van der Waals surface area contributed by atoms with E-state index in [1.54, 1.807) is 59.9 Å². The van der Waals surface area contributed by atoms with Crippen LogP contribution in [-0.4, -0.2) is 85.9 Å². The van der Waals surface area contributed by atoms with E-state index in [0.717, 1.165) is 39.0 Å². The Labute approximate surface area is 391 Å². The molecule has 2 N–H and O–H groups in total. The van der Waals surface area contributed by atoms with Crippen molar-refractivity contribution in [2.24, 2.45) is 14.1 Å². The monoisotopic (exact) mass is 911 g/mol. The van der Waals surface area contributed by atoms with Gasteiger partial charge in [0.05, 0.1) is 16.7 Å². The average Bonchev–Trinajstić information content (AvgIpc) is 3.99. The van der Waals surface area contributed by atoms with Gasteiger partial charge in [0, 0.05) is 94.1 Å². The first-order chi connectivity index (χ1) is 32.9. The lowest BCUT2D eigenvalue weighted by atomic mass is 9.94. The number of fused-ring (bicyclic) bond motifs is 1. The van der Waals surface area contributed by atoms with Crippen molar-refractivity contribution in [2.45, 2.75) is 38.6 Å². The number of aryl methyl sites for hydroxylation is 2. The van der Waals surface area contributed by atoms with Crippen molar-refractivity contribution in [3.63, 3.8) is 0 Å². The molecule has 2 aliphatic rings. The smallest absolute Gasteiger partial charge is 0.350 e. The number of rotatable bonds is 11. The molecule has 0 saturated carbocycles. The molecule has 7 aromatic rings.